The first-order valence-electron chi connectivity index (χ1n) is 12.6. The maximum atomic E-state index is 13.9. The van der Waals surface area contributed by atoms with Crippen molar-refractivity contribution in [1.82, 2.24) is 24.6 Å². The number of aryl methyl sites for hydroxylation is 1. The molecule has 1 aromatic carbocycles. The third-order valence-corrected chi connectivity index (χ3v) is 9.03. The molecule has 2 amide bonds. The van der Waals surface area contributed by atoms with E-state index in [9.17, 15) is 18.0 Å². The Morgan fingerprint density at radius 2 is 1.68 bits per heavy atom. The standard InChI is InChI=1S/C27H27N5O5S/c1-18-24-21(26(33)30-10-12-31(13-11-30)27(34)23-8-5-14-37-23)16-22(19-6-3-2-4-7-19)28-25(24)32(29-18)20-9-15-38(35,36)17-20/h2-8,14,16,20H,9-13,15,17H2,1H3. The third-order valence-electron chi connectivity index (χ3n) is 7.28. The summed E-state index contributed by atoms with van der Waals surface area (Å²) < 4.78 is 31.4. The number of furan rings is 1. The van der Waals surface area contributed by atoms with E-state index in [-0.39, 0.29) is 35.1 Å². The van der Waals surface area contributed by atoms with Crippen LogP contribution in [0.3, 0.4) is 0 Å². The minimum Gasteiger partial charge on any atom is -0.459 e. The van der Waals surface area contributed by atoms with Crippen molar-refractivity contribution in [2.45, 2.75) is 19.4 Å². The van der Waals surface area contributed by atoms with Gasteiger partial charge in [0.15, 0.2) is 21.2 Å². The minimum atomic E-state index is -3.14. The summed E-state index contributed by atoms with van der Waals surface area (Å²) in [5.41, 5.74) is 3.09. The Bertz CT molecular complexity index is 1620. The van der Waals surface area contributed by atoms with Gasteiger partial charge >= 0.3 is 0 Å². The second-order valence-electron chi connectivity index (χ2n) is 9.77. The van der Waals surface area contributed by atoms with Crippen LogP contribution in [-0.2, 0) is 9.84 Å². The number of fused-ring (bicyclic) bond motifs is 1. The number of carbonyl (C=O) groups is 2. The molecule has 0 radical (unpaired) electrons. The van der Waals surface area contributed by atoms with Gasteiger partial charge in [-0.3, -0.25) is 9.59 Å². The first-order valence-corrected chi connectivity index (χ1v) is 14.4. The van der Waals surface area contributed by atoms with E-state index < -0.39 is 9.84 Å². The molecular weight excluding hydrogens is 506 g/mol. The van der Waals surface area contributed by atoms with Crippen molar-refractivity contribution in [1.29, 1.82) is 0 Å². The lowest BCUT2D eigenvalue weighted by Gasteiger charge is -2.34. The van der Waals surface area contributed by atoms with Crippen LogP contribution in [0.2, 0.25) is 0 Å². The first kappa shape index (κ1) is 24.4. The molecule has 3 aromatic heterocycles. The summed E-state index contributed by atoms with van der Waals surface area (Å²) in [5, 5.41) is 5.31. The van der Waals surface area contributed by atoms with Crippen molar-refractivity contribution in [3.8, 4) is 11.3 Å². The summed E-state index contributed by atoms with van der Waals surface area (Å²) in [6.45, 7) is 3.36. The van der Waals surface area contributed by atoms with Crippen LogP contribution in [0.15, 0.2) is 59.2 Å². The molecule has 11 heteroatoms. The van der Waals surface area contributed by atoms with Gasteiger partial charge < -0.3 is 14.2 Å². The Morgan fingerprint density at radius 3 is 2.32 bits per heavy atom. The van der Waals surface area contributed by atoms with Crippen LogP contribution in [0.25, 0.3) is 22.3 Å². The molecule has 5 heterocycles. The van der Waals surface area contributed by atoms with Crippen LogP contribution < -0.4 is 0 Å². The van der Waals surface area contributed by atoms with Gasteiger partial charge in [-0.15, -0.1) is 0 Å². The summed E-state index contributed by atoms with van der Waals surface area (Å²) in [4.78, 5) is 34.9. The van der Waals surface area contributed by atoms with Crippen molar-refractivity contribution in [3.05, 3.63) is 71.8 Å². The lowest BCUT2D eigenvalue weighted by molar-refractivity contribution is 0.0519. The second-order valence-corrected chi connectivity index (χ2v) is 12.0. The predicted octanol–water partition coefficient (Wildman–Crippen LogP) is 2.96. The number of carbonyl (C=O) groups excluding carboxylic acids is 2. The number of benzene rings is 1. The Hall–Kier alpha value is -3.99. The fourth-order valence-corrected chi connectivity index (χ4v) is 6.99. The van der Waals surface area contributed by atoms with Gasteiger partial charge in [0.25, 0.3) is 11.8 Å². The molecule has 2 saturated heterocycles. The van der Waals surface area contributed by atoms with Crippen LogP contribution in [0.5, 0.6) is 0 Å². The summed E-state index contributed by atoms with van der Waals surface area (Å²) in [7, 11) is -3.14. The Kier molecular flexibility index (Phi) is 6.02. The maximum Gasteiger partial charge on any atom is 0.289 e. The zero-order valence-corrected chi connectivity index (χ0v) is 21.7. The van der Waals surface area contributed by atoms with Crippen LogP contribution in [0.4, 0.5) is 0 Å². The van der Waals surface area contributed by atoms with Crippen molar-refractivity contribution in [3.63, 3.8) is 0 Å². The molecule has 2 fully saturated rings. The van der Waals surface area contributed by atoms with Gasteiger partial charge in [0.1, 0.15) is 0 Å². The lowest BCUT2D eigenvalue weighted by Crippen LogP contribution is -2.50. The van der Waals surface area contributed by atoms with Gasteiger partial charge in [-0.05, 0) is 31.5 Å². The van der Waals surface area contributed by atoms with Crippen molar-refractivity contribution < 1.29 is 22.4 Å². The summed E-state index contributed by atoms with van der Waals surface area (Å²) in [6, 6.07) is 14.4. The Morgan fingerprint density at radius 1 is 0.974 bits per heavy atom. The van der Waals surface area contributed by atoms with Crippen LogP contribution in [0, 0.1) is 6.92 Å². The van der Waals surface area contributed by atoms with Gasteiger partial charge in [-0.1, -0.05) is 30.3 Å². The Labute approximate surface area is 219 Å². The van der Waals surface area contributed by atoms with E-state index in [2.05, 4.69) is 5.10 Å². The van der Waals surface area contributed by atoms with Crippen molar-refractivity contribution in [2.24, 2.45) is 0 Å². The van der Waals surface area contributed by atoms with Crippen molar-refractivity contribution in [2.75, 3.05) is 37.7 Å². The topological polar surface area (TPSA) is 119 Å². The van der Waals surface area contributed by atoms with Crippen LogP contribution >= 0.6 is 0 Å². The van der Waals surface area contributed by atoms with Gasteiger partial charge in [0.2, 0.25) is 0 Å². The highest BCUT2D eigenvalue weighted by Crippen LogP contribution is 2.32. The van der Waals surface area contributed by atoms with E-state index in [1.54, 1.807) is 32.7 Å². The van der Waals surface area contributed by atoms with Gasteiger partial charge in [-0.25, -0.2) is 18.1 Å². The maximum absolute atomic E-state index is 13.9. The van der Waals surface area contributed by atoms with Gasteiger partial charge in [-0.2, -0.15) is 5.10 Å². The highest BCUT2D eigenvalue weighted by Gasteiger charge is 2.34. The quantitative estimate of drug-likeness (QED) is 0.396. The van der Waals surface area contributed by atoms with Gasteiger partial charge in [0, 0.05) is 31.7 Å². The number of rotatable bonds is 4. The van der Waals surface area contributed by atoms with Gasteiger partial charge in [0.05, 0.1) is 46.1 Å². The normalized spacial score (nSPS) is 19.2. The molecule has 4 aromatic rings. The van der Waals surface area contributed by atoms with E-state index in [4.69, 9.17) is 9.40 Å². The van der Waals surface area contributed by atoms with Crippen LogP contribution in [0.1, 0.15) is 39.1 Å². The average molecular weight is 534 g/mol. The number of sulfone groups is 1. The van der Waals surface area contributed by atoms with Crippen molar-refractivity contribution >= 4 is 32.7 Å². The molecule has 6 rings (SSSR count). The number of piperazine rings is 1. The molecule has 1 unspecified atom stereocenters. The number of aromatic nitrogens is 3. The molecule has 38 heavy (non-hydrogen) atoms. The number of pyridine rings is 1. The largest absolute Gasteiger partial charge is 0.459 e. The first-order chi connectivity index (χ1) is 18.3. The predicted molar refractivity (Wildman–Crippen MR) is 141 cm³/mol. The molecule has 2 aliphatic rings. The number of amides is 2. The molecule has 196 valence electrons. The Balaban J connectivity index is 1.37. The molecule has 1 atom stereocenters. The lowest BCUT2D eigenvalue weighted by atomic mass is 10.0. The smallest absolute Gasteiger partial charge is 0.289 e. The average Bonchev–Trinajstić information content (AvgIpc) is 3.67. The zero-order valence-electron chi connectivity index (χ0n) is 20.9. The molecule has 10 nitrogen and oxygen atoms in total. The van der Waals surface area contributed by atoms with E-state index in [1.807, 2.05) is 37.3 Å². The summed E-state index contributed by atoms with van der Waals surface area (Å²) in [6.07, 6.45) is 1.93. The number of hydrogen-bond donors (Lipinski definition) is 0. The molecular formula is C27H27N5O5S. The number of nitrogens with zero attached hydrogens (tertiary/aromatic N) is 5. The summed E-state index contributed by atoms with van der Waals surface area (Å²) >= 11 is 0. The monoisotopic (exact) mass is 533 g/mol. The molecule has 2 aliphatic heterocycles. The molecule has 0 spiro atoms. The summed E-state index contributed by atoms with van der Waals surface area (Å²) in [5.74, 6) is 0.0494. The van der Waals surface area contributed by atoms with E-state index in [1.165, 1.54) is 6.26 Å². The van der Waals surface area contributed by atoms with E-state index in [0.717, 1.165) is 5.56 Å². The van der Waals surface area contributed by atoms with E-state index in [0.29, 0.717) is 60.6 Å². The molecule has 0 aliphatic carbocycles. The number of hydrogen-bond acceptors (Lipinski definition) is 7. The minimum absolute atomic E-state index is 0.00933. The third kappa shape index (κ3) is 4.36. The van der Waals surface area contributed by atoms with E-state index >= 15 is 0 Å². The fourth-order valence-electron chi connectivity index (χ4n) is 5.30. The van der Waals surface area contributed by atoms with Crippen LogP contribution in [-0.4, -0.2) is 82.5 Å². The fraction of sp³-hybridized carbons (Fsp3) is 0.333. The molecule has 0 bridgehead atoms. The molecule has 0 saturated carbocycles. The zero-order chi connectivity index (χ0) is 26.4. The second kappa shape index (κ2) is 9.39. The highest BCUT2D eigenvalue weighted by atomic mass is 32.2. The highest BCUT2D eigenvalue weighted by molar-refractivity contribution is 7.91. The molecule has 0 N–H and O–H groups in total. The SMILES string of the molecule is Cc1nn(C2CCS(=O)(=O)C2)c2nc(-c3ccccc3)cc(C(=O)N3CCN(C(=O)c4ccco4)CC3)c12.